The van der Waals surface area contributed by atoms with Gasteiger partial charge in [-0.25, -0.2) is 4.79 Å². The summed E-state index contributed by atoms with van der Waals surface area (Å²) >= 11 is 0. The number of nitrogens with two attached hydrogens (primary N) is 2. The van der Waals surface area contributed by atoms with E-state index in [2.05, 4.69) is 21.3 Å². The lowest BCUT2D eigenvalue weighted by Gasteiger charge is -2.27. The normalized spacial score (nSPS) is 15.3. The number of aliphatic carboxylic acids is 1. The molecule has 0 radical (unpaired) electrons. The van der Waals surface area contributed by atoms with Gasteiger partial charge < -0.3 is 53.2 Å². The number of carbonyl (C=O) groups excluding carboxylic acids is 4. The molecule has 15 heteroatoms. The summed E-state index contributed by atoms with van der Waals surface area (Å²) in [6.45, 7) is 4.48. The molecule has 0 bridgehead atoms. The molecular formula is C28H46N6O9. The average molecular weight is 611 g/mol. The van der Waals surface area contributed by atoms with Gasteiger partial charge in [-0.1, -0.05) is 26.0 Å². The van der Waals surface area contributed by atoms with Gasteiger partial charge in [0.2, 0.25) is 23.6 Å². The van der Waals surface area contributed by atoms with Crippen molar-refractivity contribution in [1.29, 1.82) is 0 Å². The van der Waals surface area contributed by atoms with Gasteiger partial charge in [-0.05, 0) is 62.8 Å². The Bertz CT molecular complexity index is 1070. The van der Waals surface area contributed by atoms with Crippen LogP contribution in [0.4, 0.5) is 0 Å². The molecule has 12 N–H and O–H groups in total. The van der Waals surface area contributed by atoms with Gasteiger partial charge in [0.05, 0.1) is 18.8 Å². The number of aliphatic hydroxyl groups is 2. The number of rotatable bonds is 19. The summed E-state index contributed by atoms with van der Waals surface area (Å²) in [4.78, 5) is 63.6. The minimum absolute atomic E-state index is 0.0461. The maximum absolute atomic E-state index is 13.3. The molecule has 4 amide bonds. The third kappa shape index (κ3) is 13.4. The maximum atomic E-state index is 13.3. The molecule has 0 fully saturated rings. The molecular weight excluding hydrogens is 564 g/mol. The van der Waals surface area contributed by atoms with E-state index in [1.807, 2.05) is 13.8 Å². The summed E-state index contributed by atoms with van der Waals surface area (Å²) in [5.74, 6) is -4.67. The molecule has 242 valence electrons. The van der Waals surface area contributed by atoms with E-state index in [-0.39, 0.29) is 24.5 Å². The van der Waals surface area contributed by atoms with Crippen LogP contribution in [-0.2, 0) is 30.4 Å². The fourth-order valence-corrected chi connectivity index (χ4v) is 4.11. The van der Waals surface area contributed by atoms with E-state index in [9.17, 15) is 44.4 Å². The highest BCUT2D eigenvalue weighted by Crippen LogP contribution is 2.12. The molecule has 0 aliphatic rings. The van der Waals surface area contributed by atoms with E-state index < -0.39 is 72.5 Å². The molecule has 0 unspecified atom stereocenters. The van der Waals surface area contributed by atoms with Gasteiger partial charge in [-0.15, -0.1) is 0 Å². The first-order chi connectivity index (χ1) is 20.2. The van der Waals surface area contributed by atoms with Crippen LogP contribution in [-0.4, -0.2) is 99.5 Å². The summed E-state index contributed by atoms with van der Waals surface area (Å²) in [6.07, 6.45) is -0.0101. The molecule has 0 aliphatic carbocycles. The van der Waals surface area contributed by atoms with Crippen molar-refractivity contribution in [2.24, 2.45) is 17.4 Å². The summed E-state index contributed by atoms with van der Waals surface area (Å²) in [5.41, 5.74) is 12.0. The van der Waals surface area contributed by atoms with Crippen LogP contribution in [0.25, 0.3) is 0 Å². The second kappa shape index (κ2) is 18.7. The van der Waals surface area contributed by atoms with E-state index in [1.54, 1.807) is 0 Å². The Morgan fingerprint density at radius 2 is 1.37 bits per heavy atom. The standard InChI is InChI=1S/C28H46N6O9/c1-15(2)12-19(30)24(38)31-20(6-4-5-11-29)25(39)34-23(16(3)36)27(41)32-21(13-17-7-9-18(37)10-8-17)26(40)33-22(14-35)28(42)43/h7-10,15-16,19-23,35-37H,4-6,11-14,29-30H2,1-3H3,(H,31,38)(H,32,41)(H,33,40)(H,34,39)(H,42,43)/t16-,19+,20+,21+,22+,23+/m1/s1. The number of hydrogen-bond donors (Lipinski definition) is 10. The number of unbranched alkanes of at least 4 members (excludes halogenated alkanes) is 1. The number of aliphatic hydroxyl groups excluding tert-OH is 2. The number of carbonyl (C=O) groups is 5. The minimum atomic E-state index is -1.65. The second-order valence-electron chi connectivity index (χ2n) is 10.8. The molecule has 0 saturated carbocycles. The fraction of sp³-hybridized carbons (Fsp3) is 0.607. The number of benzene rings is 1. The van der Waals surface area contributed by atoms with Crippen LogP contribution in [0.2, 0.25) is 0 Å². The van der Waals surface area contributed by atoms with E-state index in [0.717, 1.165) is 0 Å². The van der Waals surface area contributed by atoms with Gasteiger partial charge in [-0.3, -0.25) is 19.2 Å². The van der Waals surface area contributed by atoms with Crippen molar-refractivity contribution in [3.05, 3.63) is 29.8 Å². The zero-order chi connectivity index (χ0) is 32.7. The van der Waals surface area contributed by atoms with Crippen molar-refractivity contribution < 1.29 is 44.4 Å². The number of phenolic OH excluding ortho intramolecular Hbond substituents is 1. The van der Waals surface area contributed by atoms with Crippen LogP contribution in [0, 0.1) is 5.92 Å². The van der Waals surface area contributed by atoms with E-state index >= 15 is 0 Å². The van der Waals surface area contributed by atoms with Crippen LogP contribution in [0.1, 0.15) is 52.0 Å². The average Bonchev–Trinajstić information content (AvgIpc) is 2.93. The smallest absolute Gasteiger partial charge is 0.328 e. The molecule has 6 atom stereocenters. The van der Waals surface area contributed by atoms with Gasteiger partial charge in [0.1, 0.15) is 29.9 Å². The number of phenols is 1. The van der Waals surface area contributed by atoms with Crippen molar-refractivity contribution in [1.82, 2.24) is 21.3 Å². The van der Waals surface area contributed by atoms with Crippen molar-refractivity contribution in [2.45, 2.75) is 89.2 Å². The molecule has 0 spiro atoms. The number of carboxylic acids is 1. The van der Waals surface area contributed by atoms with Crippen molar-refractivity contribution in [3.63, 3.8) is 0 Å². The lowest BCUT2D eigenvalue weighted by Crippen LogP contribution is -2.61. The van der Waals surface area contributed by atoms with Gasteiger partial charge in [0.15, 0.2) is 0 Å². The first kappa shape index (κ1) is 37.2. The third-order valence-corrected chi connectivity index (χ3v) is 6.51. The zero-order valence-corrected chi connectivity index (χ0v) is 24.8. The van der Waals surface area contributed by atoms with E-state index in [0.29, 0.717) is 31.4 Å². The predicted octanol–water partition coefficient (Wildman–Crippen LogP) is -2.17. The summed E-state index contributed by atoms with van der Waals surface area (Å²) in [5, 5.41) is 48.1. The Labute approximate surface area is 250 Å². The zero-order valence-electron chi connectivity index (χ0n) is 24.8. The Morgan fingerprint density at radius 1 is 0.814 bits per heavy atom. The summed E-state index contributed by atoms with van der Waals surface area (Å²) < 4.78 is 0. The van der Waals surface area contributed by atoms with Crippen molar-refractivity contribution in [3.8, 4) is 5.75 Å². The number of amides is 4. The number of nitrogens with one attached hydrogen (secondary N) is 4. The van der Waals surface area contributed by atoms with E-state index in [1.165, 1.54) is 31.2 Å². The predicted molar refractivity (Wildman–Crippen MR) is 156 cm³/mol. The monoisotopic (exact) mass is 610 g/mol. The number of hydrogen-bond acceptors (Lipinski definition) is 10. The number of aromatic hydroxyl groups is 1. The fourth-order valence-electron chi connectivity index (χ4n) is 4.11. The Kier molecular flexibility index (Phi) is 16.2. The van der Waals surface area contributed by atoms with Gasteiger partial charge in [0.25, 0.3) is 0 Å². The lowest BCUT2D eigenvalue weighted by molar-refractivity contribution is -0.143. The van der Waals surface area contributed by atoms with Gasteiger partial charge in [0, 0.05) is 6.42 Å². The van der Waals surface area contributed by atoms with Crippen LogP contribution < -0.4 is 32.7 Å². The Hall–Kier alpha value is -3.79. The van der Waals surface area contributed by atoms with Crippen LogP contribution in [0.5, 0.6) is 5.75 Å². The first-order valence-corrected chi connectivity index (χ1v) is 14.2. The third-order valence-electron chi connectivity index (χ3n) is 6.51. The molecule has 0 aliphatic heterocycles. The van der Waals surface area contributed by atoms with Crippen molar-refractivity contribution in [2.75, 3.05) is 13.2 Å². The number of carboxylic acid groups (broad SMARTS) is 1. The molecule has 0 aromatic heterocycles. The SMILES string of the molecule is CC(C)C[C@H](N)C(=O)N[C@@H](CCCCN)C(=O)N[C@H](C(=O)N[C@@H](Cc1ccc(O)cc1)C(=O)N[C@@H](CO)C(=O)O)[C@@H](C)O. The minimum Gasteiger partial charge on any atom is -0.508 e. The highest BCUT2D eigenvalue weighted by molar-refractivity contribution is 5.95. The van der Waals surface area contributed by atoms with Crippen LogP contribution >= 0.6 is 0 Å². The van der Waals surface area contributed by atoms with E-state index in [4.69, 9.17) is 11.5 Å². The molecule has 1 aromatic carbocycles. The second-order valence-corrected chi connectivity index (χ2v) is 10.8. The largest absolute Gasteiger partial charge is 0.508 e. The van der Waals surface area contributed by atoms with Crippen LogP contribution in [0.3, 0.4) is 0 Å². The summed E-state index contributed by atoms with van der Waals surface area (Å²) in [7, 11) is 0. The molecule has 0 saturated heterocycles. The molecule has 43 heavy (non-hydrogen) atoms. The Morgan fingerprint density at radius 3 is 1.88 bits per heavy atom. The highest BCUT2D eigenvalue weighted by Gasteiger charge is 2.33. The van der Waals surface area contributed by atoms with Crippen molar-refractivity contribution >= 4 is 29.6 Å². The van der Waals surface area contributed by atoms with Crippen LogP contribution in [0.15, 0.2) is 24.3 Å². The highest BCUT2D eigenvalue weighted by atomic mass is 16.4. The topological polar surface area (TPSA) is 266 Å². The molecule has 0 heterocycles. The van der Waals surface area contributed by atoms with Gasteiger partial charge in [-0.2, -0.15) is 0 Å². The first-order valence-electron chi connectivity index (χ1n) is 14.2. The van der Waals surface area contributed by atoms with Gasteiger partial charge >= 0.3 is 5.97 Å². The quantitative estimate of drug-likeness (QED) is 0.0753. The maximum Gasteiger partial charge on any atom is 0.328 e. The molecule has 1 rings (SSSR count). The molecule has 15 nitrogen and oxygen atoms in total. The Balaban J connectivity index is 3.17. The lowest BCUT2D eigenvalue weighted by atomic mass is 10.0. The molecule has 1 aromatic rings. The summed E-state index contributed by atoms with van der Waals surface area (Å²) in [6, 6.07) is -0.929.